The summed E-state index contributed by atoms with van der Waals surface area (Å²) in [5, 5.41) is 0. The van der Waals surface area contributed by atoms with Crippen molar-refractivity contribution in [1.82, 2.24) is 0 Å². The Bertz CT molecular complexity index is 160. The molecule has 0 N–H and O–H groups in total. The molecule has 0 aliphatic rings. The van der Waals surface area contributed by atoms with Gasteiger partial charge in [-0.1, -0.05) is 13.8 Å². The third-order valence-electron chi connectivity index (χ3n) is 0.726. The van der Waals surface area contributed by atoms with Gasteiger partial charge in [0.1, 0.15) is 0 Å². The molecule has 1 radical (unpaired) electrons. The lowest BCUT2D eigenvalue weighted by atomic mass is 9.96. The average molecular weight is 126 g/mol. The van der Waals surface area contributed by atoms with Crippen molar-refractivity contribution in [1.29, 1.82) is 0 Å². The average Bonchev–Trinajstić information content (AvgIpc) is 1.64. The van der Waals surface area contributed by atoms with Crippen molar-refractivity contribution in [2.24, 2.45) is 10.4 Å². The summed E-state index contributed by atoms with van der Waals surface area (Å²) >= 11 is 0. The molecule has 0 aromatic rings. The molecule has 0 heterocycles. The molecule has 0 spiro atoms. The van der Waals surface area contributed by atoms with E-state index < -0.39 is 11.3 Å². The molecule has 0 unspecified atom stereocenters. The molecule has 0 atom stereocenters. The van der Waals surface area contributed by atoms with E-state index in [-0.39, 0.29) is 0 Å². The van der Waals surface area contributed by atoms with Gasteiger partial charge in [0, 0.05) is 5.41 Å². The molecule has 0 fully saturated rings. The smallest absolute Gasteiger partial charge is 0.262 e. The first-order valence-corrected chi connectivity index (χ1v) is 2.46. The predicted molar refractivity (Wildman–Crippen MR) is 32.3 cm³/mol. The zero-order valence-corrected chi connectivity index (χ0v) is 5.47. The number of nitrogens with zero attached hydrogens (tertiary/aromatic N) is 1. The van der Waals surface area contributed by atoms with Gasteiger partial charge in [-0.2, -0.15) is 0 Å². The van der Waals surface area contributed by atoms with Crippen molar-refractivity contribution >= 4 is 12.0 Å². The SMILES string of the molecule is [CH2]C(C)(C)C(=O)N=C=O. The van der Waals surface area contributed by atoms with E-state index in [0.29, 0.717) is 0 Å². The van der Waals surface area contributed by atoms with Crippen LogP contribution in [-0.4, -0.2) is 12.0 Å². The zero-order chi connectivity index (χ0) is 7.49. The molecule has 0 aromatic carbocycles. The van der Waals surface area contributed by atoms with E-state index in [4.69, 9.17) is 0 Å². The fourth-order valence-electron chi connectivity index (χ4n) is 0.193. The number of carbonyl (C=O) groups excluding carboxylic acids is 2. The van der Waals surface area contributed by atoms with Crippen LogP contribution in [0, 0.1) is 12.3 Å². The molecule has 3 heteroatoms. The first-order valence-electron chi connectivity index (χ1n) is 2.46. The third-order valence-corrected chi connectivity index (χ3v) is 0.726. The van der Waals surface area contributed by atoms with Crippen LogP contribution in [0.15, 0.2) is 4.99 Å². The van der Waals surface area contributed by atoms with Gasteiger partial charge in [0.15, 0.2) is 0 Å². The largest absolute Gasteiger partial charge is 0.271 e. The summed E-state index contributed by atoms with van der Waals surface area (Å²) < 4.78 is 0. The highest BCUT2D eigenvalue weighted by Gasteiger charge is 2.20. The lowest BCUT2D eigenvalue weighted by Gasteiger charge is -2.09. The van der Waals surface area contributed by atoms with Crippen LogP contribution in [0.3, 0.4) is 0 Å². The van der Waals surface area contributed by atoms with E-state index in [1.807, 2.05) is 0 Å². The molecule has 0 rings (SSSR count). The summed E-state index contributed by atoms with van der Waals surface area (Å²) in [6.07, 6.45) is 1.16. The van der Waals surface area contributed by atoms with Crippen LogP contribution in [0.1, 0.15) is 13.8 Å². The van der Waals surface area contributed by atoms with Gasteiger partial charge in [0.2, 0.25) is 6.08 Å². The molecule has 0 aliphatic heterocycles. The van der Waals surface area contributed by atoms with E-state index in [9.17, 15) is 9.59 Å². The van der Waals surface area contributed by atoms with E-state index in [1.54, 1.807) is 13.8 Å². The minimum Gasteiger partial charge on any atom is -0.271 e. The minimum atomic E-state index is -0.808. The third kappa shape index (κ3) is 2.77. The molecule has 9 heavy (non-hydrogen) atoms. The molecule has 0 saturated heterocycles. The van der Waals surface area contributed by atoms with Gasteiger partial charge in [-0.3, -0.25) is 4.79 Å². The molecule has 0 aromatic heterocycles. The molecule has 0 aliphatic carbocycles. The Hall–Kier alpha value is -0.950. The molecular weight excluding hydrogens is 118 g/mol. The van der Waals surface area contributed by atoms with Gasteiger partial charge in [-0.25, -0.2) is 4.79 Å². The monoisotopic (exact) mass is 126 g/mol. The number of carbonyl (C=O) groups is 1. The highest BCUT2D eigenvalue weighted by Crippen LogP contribution is 2.13. The summed E-state index contributed by atoms with van der Waals surface area (Å²) in [5.74, 6) is -0.544. The highest BCUT2D eigenvalue weighted by atomic mass is 16.2. The molecule has 49 valence electrons. The Labute approximate surface area is 53.8 Å². The van der Waals surface area contributed by atoms with Crippen LogP contribution in [-0.2, 0) is 9.59 Å². The van der Waals surface area contributed by atoms with Gasteiger partial charge in [0.05, 0.1) is 0 Å². The second-order valence-electron chi connectivity index (χ2n) is 2.39. The van der Waals surface area contributed by atoms with Gasteiger partial charge >= 0.3 is 0 Å². The molecular formula is C6H8NO2. The predicted octanol–water partition coefficient (Wildman–Crippen LogP) is 0.709. The van der Waals surface area contributed by atoms with E-state index in [1.165, 1.54) is 0 Å². The van der Waals surface area contributed by atoms with Crippen molar-refractivity contribution < 1.29 is 9.59 Å². The Kier molecular flexibility index (Phi) is 2.29. The van der Waals surface area contributed by atoms with Gasteiger partial charge < -0.3 is 0 Å². The number of amides is 1. The van der Waals surface area contributed by atoms with E-state index in [2.05, 4.69) is 11.9 Å². The lowest BCUT2D eigenvalue weighted by Crippen LogP contribution is -2.17. The second kappa shape index (κ2) is 2.55. The maximum Gasteiger partial charge on any atom is 0.262 e. The van der Waals surface area contributed by atoms with Crippen LogP contribution >= 0.6 is 0 Å². The maximum absolute atomic E-state index is 10.6. The van der Waals surface area contributed by atoms with Crippen molar-refractivity contribution in [2.75, 3.05) is 0 Å². The van der Waals surface area contributed by atoms with Crippen molar-refractivity contribution in [3.05, 3.63) is 6.92 Å². The number of hydrogen-bond acceptors (Lipinski definition) is 2. The molecule has 3 nitrogen and oxygen atoms in total. The fraction of sp³-hybridized carbons (Fsp3) is 0.500. The number of aliphatic imine (C=N–C) groups is 1. The topological polar surface area (TPSA) is 46.5 Å². The maximum atomic E-state index is 10.6. The standard InChI is InChI=1S/C6H8NO2/c1-6(2,3)5(9)7-4-8/h1H2,2-3H3. The number of hydrogen-bond donors (Lipinski definition) is 0. The zero-order valence-electron chi connectivity index (χ0n) is 5.47. The molecule has 1 amide bonds. The molecule has 0 bridgehead atoms. The lowest BCUT2D eigenvalue weighted by molar-refractivity contribution is -0.123. The fourth-order valence-corrected chi connectivity index (χ4v) is 0.193. The Morgan fingerprint density at radius 2 is 2.11 bits per heavy atom. The number of isocyanates is 1. The molecule has 0 saturated carbocycles. The summed E-state index contributed by atoms with van der Waals surface area (Å²) in [6, 6.07) is 0. The summed E-state index contributed by atoms with van der Waals surface area (Å²) in [6.45, 7) is 6.63. The Morgan fingerprint density at radius 1 is 1.67 bits per heavy atom. The van der Waals surface area contributed by atoms with E-state index in [0.717, 1.165) is 6.08 Å². The van der Waals surface area contributed by atoms with Gasteiger partial charge in [-0.15, -0.1) is 4.99 Å². The quantitative estimate of drug-likeness (QED) is 0.383. The van der Waals surface area contributed by atoms with Crippen LogP contribution in [0.5, 0.6) is 0 Å². The van der Waals surface area contributed by atoms with E-state index >= 15 is 0 Å². The van der Waals surface area contributed by atoms with Crippen molar-refractivity contribution in [3.63, 3.8) is 0 Å². The second-order valence-corrected chi connectivity index (χ2v) is 2.39. The normalized spacial score (nSPS) is 10.1. The van der Waals surface area contributed by atoms with Gasteiger partial charge in [0.25, 0.3) is 5.91 Å². The van der Waals surface area contributed by atoms with Gasteiger partial charge in [-0.05, 0) is 6.92 Å². The number of rotatable bonds is 1. The van der Waals surface area contributed by atoms with Crippen LogP contribution < -0.4 is 0 Å². The van der Waals surface area contributed by atoms with Crippen molar-refractivity contribution in [2.45, 2.75) is 13.8 Å². The summed E-state index contributed by atoms with van der Waals surface area (Å²) in [5.41, 5.74) is -0.808. The Morgan fingerprint density at radius 3 is 2.22 bits per heavy atom. The highest BCUT2D eigenvalue weighted by molar-refractivity contribution is 5.86. The van der Waals surface area contributed by atoms with Crippen LogP contribution in [0.25, 0.3) is 0 Å². The van der Waals surface area contributed by atoms with Crippen molar-refractivity contribution in [3.8, 4) is 0 Å². The summed E-state index contributed by atoms with van der Waals surface area (Å²) in [4.78, 5) is 23.0. The summed E-state index contributed by atoms with van der Waals surface area (Å²) in [7, 11) is 0. The first-order chi connectivity index (χ1) is 3.98. The van der Waals surface area contributed by atoms with Crippen LogP contribution in [0.4, 0.5) is 0 Å². The Balaban J connectivity index is 4.22. The first kappa shape index (κ1) is 8.05. The minimum absolute atomic E-state index is 0.544. The van der Waals surface area contributed by atoms with Crippen LogP contribution in [0.2, 0.25) is 0 Å².